The van der Waals surface area contributed by atoms with Crippen molar-refractivity contribution in [3.63, 3.8) is 0 Å². The summed E-state index contributed by atoms with van der Waals surface area (Å²) in [6.45, 7) is 2.09. The van der Waals surface area contributed by atoms with Gasteiger partial charge in [0.1, 0.15) is 6.10 Å². The van der Waals surface area contributed by atoms with E-state index in [1.807, 2.05) is 54.9 Å². The van der Waals surface area contributed by atoms with Gasteiger partial charge in [0.2, 0.25) is 0 Å². The second-order valence-electron chi connectivity index (χ2n) is 8.05. The minimum Gasteiger partial charge on any atom is -0.363 e. The number of imidazole rings is 1. The van der Waals surface area contributed by atoms with Crippen LogP contribution in [0.2, 0.25) is 0 Å². The van der Waals surface area contributed by atoms with Crippen molar-refractivity contribution in [2.24, 2.45) is 7.05 Å². The number of aromatic nitrogens is 2. The molecule has 0 spiro atoms. The molecule has 0 bridgehead atoms. The van der Waals surface area contributed by atoms with Crippen LogP contribution in [0.5, 0.6) is 0 Å². The third kappa shape index (κ3) is 4.87. The van der Waals surface area contributed by atoms with E-state index in [9.17, 15) is 18.4 Å². The number of rotatable bonds is 6. The van der Waals surface area contributed by atoms with Crippen LogP contribution in [0.4, 0.5) is 13.2 Å². The van der Waals surface area contributed by atoms with Gasteiger partial charge in [0.05, 0.1) is 42.0 Å². The molecule has 172 valence electrons. The maximum Gasteiger partial charge on any atom is 0.416 e. The van der Waals surface area contributed by atoms with Gasteiger partial charge in [0.25, 0.3) is 0 Å². The first kappa shape index (κ1) is 23.3. The Hall–Kier alpha value is -3.89. The fourth-order valence-electron chi connectivity index (χ4n) is 3.86. The molecule has 1 atom stereocenters. The molecule has 0 fully saturated rings. The van der Waals surface area contributed by atoms with Crippen molar-refractivity contribution < 1.29 is 17.9 Å². The Labute approximate surface area is 195 Å². The van der Waals surface area contributed by atoms with E-state index in [1.165, 1.54) is 12.1 Å². The summed E-state index contributed by atoms with van der Waals surface area (Å²) in [6.07, 6.45) is -1.56. The highest BCUT2D eigenvalue weighted by Gasteiger charge is 2.30. The van der Waals surface area contributed by atoms with Crippen LogP contribution < -0.4 is 0 Å². The average molecular weight is 461 g/mol. The molecule has 34 heavy (non-hydrogen) atoms. The molecule has 0 N–H and O–H groups in total. The number of hydrogen-bond donors (Lipinski definition) is 0. The summed E-state index contributed by atoms with van der Waals surface area (Å²) in [5, 5.41) is 9.68. The summed E-state index contributed by atoms with van der Waals surface area (Å²) in [5.41, 5.74) is 4.85. The van der Waals surface area contributed by atoms with E-state index in [-0.39, 0.29) is 6.61 Å². The van der Waals surface area contributed by atoms with Crippen LogP contribution in [0.25, 0.3) is 11.1 Å². The lowest BCUT2D eigenvalue weighted by Crippen LogP contribution is -2.11. The van der Waals surface area contributed by atoms with E-state index in [2.05, 4.69) is 11.1 Å². The van der Waals surface area contributed by atoms with Crippen LogP contribution in [0.15, 0.2) is 79.3 Å². The van der Waals surface area contributed by atoms with Crippen LogP contribution in [-0.4, -0.2) is 9.55 Å². The van der Waals surface area contributed by atoms with Crippen molar-refractivity contribution in [1.82, 2.24) is 9.55 Å². The molecule has 0 saturated heterocycles. The zero-order chi connectivity index (χ0) is 24.3. The summed E-state index contributed by atoms with van der Waals surface area (Å²) in [4.78, 5) is 4.20. The number of ether oxygens (including phenoxy) is 1. The first-order chi connectivity index (χ1) is 16.3. The van der Waals surface area contributed by atoms with Gasteiger partial charge in [-0.15, -0.1) is 0 Å². The number of benzene rings is 3. The molecular weight excluding hydrogens is 439 g/mol. The number of alkyl halides is 3. The lowest BCUT2D eigenvalue weighted by molar-refractivity contribution is -0.137. The van der Waals surface area contributed by atoms with E-state index in [4.69, 9.17) is 4.74 Å². The smallest absolute Gasteiger partial charge is 0.363 e. The zero-order valence-electron chi connectivity index (χ0n) is 18.7. The van der Waals surface area contributed by atoms with Gasteiger partial charge in [-0.2, -0.15) is 18.4 Å². The molecule has 1 heterocycles. The molecule has 4 rings (SSSR count). The van der Waals surface area contributed by atoms with Crippen molar-refractivity contribution in [2.75, 3.05) is 0 Å². The first-order valence-electron chi connectivity index (χ1n) is 10.6. The normalized spacial score (nSPS) is 12.4. The van der Waals surface area contributed by atoms with E-state index in [1.54, 1.807) is 18.6 Å². The monoisotopic (exact) mass is 461 g/mol. The summed E-state index contributed by atoms with van der Waals surface area (Å²) in [5.74, 6) is 0. The number of aryl methyl sites for hydroxylation is 2. The predicted molar refractivity (Wildman–Crippen MR) is 123 cm³/mol. The Morgan fingerprint density at radius 3 is 2.38 bits per heavy atom. The van der Waals surface area contributed by atoms with Crippen LogP contribution in [0, 0.1) is 18.3 Å². The number of hydrogen-bond acceptors (Lipinski definition) is 3. The molecule has 0 aliphatic heterocycles. The Bertz CT molecular complexity index is 1330. The van der Waals surface area contributed by atoms with Gasteiger partial charge in [-0.25, -0.2) is 4.98 Å². The van der Waals surface area contributed by atoms with Gasteiger partial charge in [0.15, 0.2) is 0 Å². The van der Waals surface area contributed by atoms with Gasteiger partial charge >= 0.3 is 6.18 Å². The van der Waals surface area contributed by atoms with Crippen molar-refractivity contribution >= 4 is 0 Å². The third-order valence-corrected chi connectivity index (χ3v) is 5.72. The van der Waals surface area contributed by atoms with Gasteiger partial charge in [-0.3, -0.25) is 0 Å². The molecule has 1 aromatic heterocycles. The fourth-order valence-corrected chi connectivity index (χ4v) is 3.86. The third-order valence-electron chi connectivity index (χ3n) is 5.72. The number of halogens is 3. The minimum atomic E-state index is -4.38. The minimum absolute atomic E-state index is 0.105. The summed E-state index contributed by atoms with van der Waals surface area (Å²) >= 11 is 0. The van der Waals surface area contributed by atoms with E-state index in [0.717, 1.165) is 40.1 Å². The van der Waals surface area contributed by atoms with Crippen molar-refractivity contribution in [2.45, 2.75) is 25.8 Å². The van der Waals surface area contributed by atoms with Gasteiger partial charge in [0, 0.05) is 12.6 Å². The SMILES string of the molecule is Cc1ccccc1-c1cc(C(OCc2ccc(C(F)(F)F)cc2)c2cncn2C)ccc1C#N. The highest BCUT2D eigenvalue weighted by Crippen LogP contribution is 2.34. The molecule has 3 aromatic carbocycles. The van der Waals surface area contributed by atoms with E-state index in [0.29, 0.717) is 11.1 Å². The molecule has 4 aromatic rings. The highest BCUT2D eigenvalue weighted by atomic mass is 19.4. The summed E-state index contributed by atoms with van der Waals surface area (Å²) < 4.78 is 46.7. The number of nitriles is 1. The van der Waals surface area contributed by atoms with Crippen molar-refractivity contribution in [3.05, 3.63) is 113 Å². The molecule has 0 aliphatic rings. The van der Waals surface area contributed by atoms with Crippen LogP contribution in [0.3, 0.4) is 0 Å². The Morgan fingerprint density at radius 2 is 1.76 bits per heavy atom. The molecule has 0 aliphatic carbocycles. The maximum atomic E-state index is 12.9. The second-order valence-corrected chi connectivity index (χ2v) is 8.05. The van der Waals surface area contributed by atoms with Crippen molar-refractivity contribution in [1.29, 1.82) is 5.26 Å². The standard InChI is InChI=1S/C27H22F3N3O/c1-18-5-3-4-6-23(18)24-13-20(9-10-21(24)14-31)26(25-15-32-17-33(25)2)34-16-19-7-11-22(12-8-19)27(28,29)30/h3-13,15,17,26H,16H2,1-2H3. The summed E-state index contributed by atoms with van der Waals surface area (Å²) in [6, 6.07) is 20.6. The maximum absolute atomic E-state index is 12.9. The zero-order valence-corrected chi connectivity index (χ0v) is 18.7. The van der Waals surface area contributed by atoms with Crippen LogP contribution >= 0.6 is 0 Å². The molecule has 4 nitrogen and oxygen atoms in total. The lowest BCUT2D eigenvalue weighted by atomic mass is 9.93. The molecule has 7 heteroatoms. The second kappa shape index (κ2) is 9.54. The van der Waals surface area contributed by atoms with Gasteiger partial charge in [-0.1, -0.05) is 42.5 Å². The Balaban J connectivity index is 1.70. The Morgan fingerprint density at radius 1 is 1.03 bits per heavy atom. The van der Waals surface area contributed by atoms with E-state index < -0.39 is 17.8 Å². The highest BCUT2D eigenvalue weighted by molar-refractivity contribution is 5.74. The van der Waals surface area contributed by atoms with Gasteiger partial charge < -0.3 is 9.30 Å². The molecule has 0 saturated carbocycles. The molecule has 0 amide bonds. The Kier molecular flexibility index (Phi) is 6.53. The first-order valence-corrected chi connectivity index (χ1v) is 10.6. The van der Waals surface area contributed by atoms with E-state index >= 15 is 0 Å². The predicted octanol–water partition coefficient (Wildman–Crippen LogP) is 6.59. The lowest BCUT2D eigenvalue weighted by Gasteiger charge is -2.21. The molecular formula is C27H22F3N3O. The quantitative estimate of drug-likeness (QED) is 0.325. The topological polar surface area (TPSA) is 50.8 Å². The van der Waals surface area contributed by atoms with Gasteiger partial charge in [-0.05, 0) is 53.4 Å². The fraction of sp³-hybridized carbons (Fsp3) is 0.185. The summed E-state index contributed by atoms with van der Waals surface area (Å²) in [7, 11) is 1.85. The molecule has 0 radical (unpaired) electrons. The van der Waals surface area contributed by atoms with Crippen molar-refractivity contribution in [3.8, 4) is 17.2 Å². The largest absolute Gasteiger partial charge is 0.416 e. The average Bonchev–Trinajstić information content (AvgIpc) is 3.25. The number of nitrogens with zero attached hydrogens (tertiary/aromatic N) is 3. The van der Waals surface area contributed by atoms with Crippen LogP contribution in [0.1, 0.15) is 39.6 Å². The van der Waals surface area contributed by atoms with Crippen LogP contribution in [-0.2, 0) is 24.6 Å². The molecule has 1 unspecified atom stereocenters.